The van der Waals surface area contributed by atoms with Crippen LogP contribution in [0.5, 0.6) is 11.5 Å². The maximum absolute atomic E-state index is 12.4. The number of aromatic nitrogens is 4. The van der Waals surface area contributed by atoms with E-state index >= 15 is 0 Å². The lowest BCUT2D eigenvalue weighted by atomic mass is 10.1. The summed E-state index contributed by atoms with van der Waals surface area (Å²) in [7, 11) is 0. The summed E-state index contributed by atoms with van der Waals surface area (Å²) in [6, 6.07) is 3.30. The SMILES string of the molecule is [2H]C([2H])([2H])Nc1ncc(C#Cc2cc3c(cn2)OC(C)CO3)c2cc(NC(=O)[C@H]3C[C@H]3C)nnc12. The van der Waals surface area contributed by atoms with Crippen LogP contribution in [-0.4, -0.2) is 45.8 Å². The molecule has 2 aliphatic rings. The van der Waals surface area contributed by atoms with Gasteiger partial charge in [0.05, 0.1) is 11.8 Å². The normalized spacial score (nSPS) is 22.6. The standard InChI is InChI=1S/C23H22N6O3/c1-12-6-16(12)23(30)27-20-8-17-14(9-26-22(24-3)21(17)29-28-20)4-5-15-7-18-19(10-25-15)32-13(2)11-31-18/h7-10,12-13,16H,6,11H2,1-3H3,(H,24,26)(H,27,28,30)/t12-,13?,16+/m1/s1/i3D3. The van der Waals surface area contributed by atoms with Crippen LogP contribution >= 0.6 is 0 Å². The van der Waals surface area contributed by atoms with E-state index in [1.807, 2.05) is 13.8 Å². The van der Waals surface area contributed by atoms with Gasteiger partial charge in [0.2, 0.25) is 5.91 Å². The molecule has 3 aromatic rings. The predicted octanol–water partition coefficient (Wildman–Crippen LogP) is 2.62. The van der Waals surface area contributed by atoms with E-state index in [0.29, 0.717) is 40.7 Å². The van der Waals surface area contributed by atoms with E-state index in [9.17, 15) is 4.79 Å². The van der Waals surface area contributed by atoms with Crippen LogP contribution in [0.4, 0.5) is 11.6 Å². The van der Waals surface area contributed by atoms with Gasteiger partial charge < -0.3 is 20.1 Å². The lowest BCUT2D eigenvalue weighted by Crippen LogP contribution is -2.25. The first-order chi connectivity index (χ1) is 16.7. The van der Waals surface area contributed by atoms with Crippen LogP contribution in [0.15, 0.2) is 24.5 Å². The summed E-state index contributed by atoms with van der Waals surface area (Å²) in [5.41, 5.74) is 1.14. The van der Waals surface area contributed by atoms with Crippen molar-refractivity contribution in [3.63, 3.8) is 0 Å². The summed E-state index contributed by atoms with van der Waals surface area (Å²) in [6.07, 6.45) is 3.78. The Labute approximate surface area is 189 Å². The number of carbonyl (C=O) groups excluding carboxylic acids is 1. The lowest BCUT2D eigenvalue weighted by molar-refractivity contribution is -0.117. The van der Waals surface area contributed by atoms with E-state index in [2.05, 4.69) is 42.6 Å². The van der Waals surface area contributed by atoms with Crippen molar-refractivity contribution in [3.8, 4) is 23.3 Å². The number of hydrogen-bond acceptors (Lipinski definition) is 8. The van der Waals surface area contributed by atoms with E-state index in [0.717, 1.165) is 6.42 Å². The van der Waals surface area contributed by atoms with Crippen molar-refractivity contribution in [1.82, 2.24) is 20.2 Å². The number of amides is 1. The van der Waals surface area contributed by atoms with Crippen molar-refractivity contribution >= 4 is 28.4 Å². The zero-order valence-corrected chi connectivity index (χ0v) is 17.5. The highest BCUT2D eigenvalue weighted by molar-refractivity contribution is 5.97. The van der Waals surface area contributed by atoms with Gasteiger partial charge in [-0.05, 0) is 31.2 Å². The fraction of sp³-hybridized carbons (Fsp3) is 0.348. The van der Waals surface area contributed by atoms with Gasteiger partial charge >= 0.3 is 0 Å². The number of fused-ring (bicyclic) bond motifs is 2. The molecule has 2 N–H and O–H groups in total. The van der Waals surface area contributed by atoms with Crippen LogP contribution in [0.3, 0.4) is 0 Å². The van der Waals surface area contributed by atoms with Gasteiger partial charge in [-0.3, -0.25) is 4.79 Å². The quantitative estimate of drug-likeness (QED) is 0.607. The average Bonchev–Trinajstić information content (AvgIpc) is 3.54. The summed E-state index contributed by atoms with van der Waals surface area (Å²) in [4.78, 5) is 20.9. The molecule has 0 aromatic carbocycles. The van der Waals surface area contributed by atoms with Crippen LogP contribution in [0, 0.1) is 23.7 Å². The Morgan fingerprint density at radius 1 is 1.19 bits per heavy atom. The Kier molecular flexibility index (Phi) is 4.16. The summed E-state index contributed by atoms with van der Waals surface area (Å²) in [5, 5.41) is 13.8. The molecule has 32 heavy (non-hydrogen) atoms. The molecule has 4 heterocycles. The molecule has 0 saturated heterocycles. The first kappa shape index (κ1) is 16.7. The fourth-order valence-electron chi connectivity index (χ4n) is 3.47. The van der Waals surface area contributed by atoms with Gasteiger partial charge in [-0.2, -0.15) is 0 Å². The number of nitrogens with one attached hydrogen (secondary N) is 2. The molecule has 9 heteroatoms. The van der Waals surface area contributed by atoms with E-state index in [4.69, 9.17) is 13.6 Å². The van der Waals surface area contributed by atoms with Crippen molar-refractivity contribution in [1.29, 1.82) is 0 Å². The molecule has 0 bridgehead atoms. The predicted molar refractivity (Wildman–Crippen MR) is 119 cm³/mol. The zero-order chi connectivity index (χ0) is 24.7. The van der Waals surface area contributed by atoms with Crippen molar-refractivity contribution < 1.29 is 18.4 Å². The van der Waals surface area contributed by atoms with Gasteiger partial charge in [-0.15, -0.1) is 10.2 Å². The number of ether oxygens (including phenoxy) is 2. The van der Waals surface area contributed by atoms with Crippen LogP contribution in [-0.2, 0) is 4.79 Å². The Balaban J connectivity index is 1.51. The molecule has 1 aliphatic carbocycles. The number of pyridine rings is 2. The molecule has 0 radical (unpaired) electrons. The molecule has 1 aliphatic heterocycles. The highest BCUT2D eigenvalue weighted by Gasteiger charge is 2.39. The first-order valence-corrected chi connectivity index (χ1v) is 10.2. The molecule has 3 atom stereocenters. The molecule has 3 aromatic heterocycles. The minimum Gasteiger partial charge on any atom is -0.486 e. The molecule has 5 rings (SSSR count). The second kappa shape index (κ2) is 7.96. The molecule has 162 valence electrons. The number of anilines is 2. The molecular formula is C23H22N6O3. The van der Waals surface area contributed by atoms with Gasteiger partial charge in [-0.1, -0.05) is 12.8 Å². The Morgan fingerprint density at radius 2 is 2.06 bits per heavy atom. The fourth-order valence-corrected chi connectivity index (χ4v) is 3.47. The minimum atomic E-state index is -2.48. The maximum atomic E-state index is 12.4. The summed E-state index contributed by atoms with van der Waals surface area (Å²) >= 11 is 0. The highest BCUT2D eigenvalue weighted by Crippen LogP contribution is 2.38. The van der Waals surface area contributed by atoms with Gasteiger partial charge in [0.25, 0.3) is 0 Å². The lowest BCUT2D eigenvalue weighted by Gasteiger charge is -2.23. The van der Waals surface area contributed by atoms with Crippen LogP contribution in [0.1, 0.15) is 35.6 Å². The molecule has 0 spiro atoms. The van der Waals surface area contributed by atoms with Gasteiger partial charge in [0, 0.05) is 34.7 Å². The number of rotatable bonds is 3. The third kappa shape index (κ3) is 3.87. The second-order valence-electron chi connectivity index (χ2n) is 7.95. The third-order valence-corrected chi connectivity index (χ3v) is 5.41. The molecule has 1 fully saturated rings. The average molecular weight is 433 g/mol. The second-order valence-corrected chi connectivity index (χ2v) is 7.95. The minimum absolute atomic E-state index is 0.0401. The Morgan fingerprint density at radius 3 is 2.88 bits per heavy atom. The summed E-state index contributed by atoms with van der Waals surface area (Å²) in [5.74, 6) is 7.57. The van der Waals surface area contributed by atoms with Gasteiger partial charge in [-0.25, -0.2) is 9.97 Å². The summed E-state index contributed by atoms with van der Waals surface area (Å²) < 4.78 is 33.9. The van der Waals surface area contributed by atoms with Crippen molar-refractivity contribution in [2.24, 2.45) is 11.8 Å². The maximum Gasteiger partial charge on any atom is 0.228 e. The van der Waals surface area contributed by atoms with Crippen LogP contribution in [0.25, 0.3) is 10.9 Å². The Bertz CT molecular complexity index is 1380. The van der Waals surface area contributed by atoms with E-state index in [-0.39, 0.29) is 35.1 Å². The van der Waals surface area contributed by atoms with Crippen molar-refractivity contribution in [3.05, 3.63) is 35.8 Å². The van der Waals surface area contributed by atoms with E-state index in [1.165, 1.54) is 6.20 Å². The number of hydrogen-bond donors (Lipinski definition) is 2. The highest BCUT2D eigenvalue weighted by atomic mass is 16.6. The van der Waals surface area contributed by atoms with Crippen LogP contribution in [0.2, 0.25) is 0 Å². The van der Waals surface area contributed by atoms with Gasteiger partial charge in [0.1, 0.15) is 23.9 Å². The van der Waals surface area contributed by atoms with Crippen molar-refractivity contribution in [2.75, 3.05) is 24.2 Å². The third-order valence-electron chi connectivity index (χ3n) is 5.41. The monoisotopic (exact) mass is 433 g/mol. The largest absolute Gasteiger partial charge is 0.486 e. The van der Waals surface area contributed by atoms with E-state index < -0.39 is 6.98 Å². The summed E-state index contributed by atoms with van der Waals surface area (Å²) in [6.45, 7) is 1.87. The zero-order valence-electron chi connectivity index (χ0n) is 20.5. The number of nitrogens with zero attached hydrogens (tertiary/aromatic N) is 4. The van der Waals surface area contributed by atoms with Crippen LogP contribution < -0.4 is 20.1 Å². The first-order valence-electron chi connectivity index (χ1n) is 11.7. The smallest absolute Gasteiger partial charge is 0.228 e. The topological polar surface area (TPSA) is 111 Å². The molecule has 1 amide bonds. The van der Waals surface area contributed by atoms with E-state index in [1.54, 1.807) is 18.3 Å². The molecule has 9 nitrogen and oxygen atoms in total. The Hall–Kier alpha value is -3.93. The molecular weight excluding hydrogens is 408 g/mol. The number of carbonyl (C=O) groups is 1. The molecule has 1 unspecified atom stereocenters. The molecule has 1 saturated carbocycles. The van der Waals surface area contributed by atoms with Crippen molar-refractivity contribution in [2.45, 2.75) is 26.4 Å². The van der Waals surface area contributed by atoms with Gasteiger partial charge in [0.15, 0.2) is 23.1 Å².